The highest BCUT2D eigenvalue weighted by atomic mass is 16.5. The Morgan fingerprint density at radius 3 is 2.45 bits per heavy atom. The second-order valence-electron chi connectivity index (χ2n) is 3.18. The topological polar surface area (TPSA) is 9.23 Å². The predicted octanol–water partition coefficient (Wildman–Crippen LogP) is 3.16. The molecule has 0 amide bonds. The number of allylic oxidation sites excluding steroid dienone is 1. The van der Waals surface area contributed by atoms with Crippen LogP contribution in [0.5, 0.6) is 0 Å². The predicted molar refractivity (Wildman–Crippen MR) is 49.8 cm³/mol. The van der Waals surface area contributed by atoms with E-state index in [-0.39, 0.29) is 5.60 Å². The third kappa shape index (κ3) is 4.20. The minimum Gasteiger partial charge on any atom is -0.378 e. The molecule has 1 unspecified atom stereocenters. The van der Waals surface area contributed by atoms with Gasteiger partial charge in [0.2, 0.25) is 0 Å². The lowest BCUT2D eigenvalue weighted by Crippen LogP contribution is -2.25. The molecule has 0 aromatic carbocycles. The molecule has 0 aliphatic heterocycles. The van der Waals surface area contributed by atoms with E-state index in [1.165, 1.54) is 6.42 Å². The maximum atomic E-state index is 5.43. The van der Waals surface area contributed by atoms with Crippen molar-refractivity contribution >= 4 is 0 Å². The first kappa shape index (κ1) is 10.7. The highest BCUT2D eigenvalue weighted by Gasteiger charge is 2.19. The lowest BCUT2D eigenvalue weighted by molar-refractivity contribution is 0.000918. The second kappa shape index (κ2) is 5.36. The van der Waals surface area contributed by atoms with E-state index in [1.54, 1.807) is 7.11 Å². The number of methoxy groups -OCH3 is 1. The Kier molecular flexibility index (Phi) is 5.22. The summed E-state index contributed by atoms with van der Waals surface area (Å²) in [5.41, 5.74) is 0.0568. The van der Waals surface area contributed by atoms with Crippen molar-refractivity contribution in [1.29, 1.82) is 0 Å². The molecular weight excluding hydrogens is 136 g/mol. The molecule has 0 radical (unpaired) electrons. The maximum absolute atomic E-state index is 5.43. The van der Waals surface area contributed by atoms with Gasteiger partial charge in [0.1, 0.15) is 0 Å². The molecule has 0 saturated heterocycles. The van der Waals surface area contributed by atoms with Crippen LogP contribution in [-0.4, -0.2) is 12.7 Å². The van der Waals surface area contributed by atoms with Gasteiger partial charge in [-0.3, -0.25) is 0 Å². The van der Waals surface area contributed by atoms with Crippen LogP contribution in [0.3, 0.4) is 0 Å². The van der Waals surface area contributed by atoms with Crippen LogP contribution < -0.4 is 0 Å². The van der Waals surface area contributed by atoms with Crippen molar-refractivity contribution in [3.05, 3.63) is 12.2 Å². The molecule has 0 spiro atoms. The monoisotopic (exact) mass is 156 g/mol. The molecule has 0 aromatic heterocycles. The quantitative estimate of drug-likeness (QED) is 0.555. The Labute approximate surface area is 70.4 Å². The molecule has 0 bridgehead atoms. The van der Waals surface area contributed by atoms with Crippen LogP contribution in [0.25, 0.3) is 0 Å². The third-order valence-electron chi connectivity index (χ3n) is 2.06. The van der Waals surface area contributed by atoms with Gasteiger partial charge in [0.15, 0.2) is 0 Å². The van der Waals surface area contributed by atoms with Crippen molar-refractivity contribution in [3.8, 4) is 0 Å². The molecule has 0 aromatic rings. The van der Waals surface area contributed by atoms with Gasteiger partial charge in [0.05, 0.1) is 5.60 Å². The van der Waals surface area contributed by atoms with Crippen molar-refractivity contribution in [2.45, 2.75) is 45.6 Å². The lowest BCUT2D eigenvalue weighted by atomic mass is 9.96. The van der Waals surface area contributed by atoms with Crippen LogP contribution in [0.15, 0.2) is 12.2 Å². The van der Waals surface area contributed by atoms with Crippen LogP contribution in [0, 0.1) is 0 Å². The molecule has 0 N–H and O–H groups in total. The lowest BCUT2D eigenvalue weighted by Gasteiger charge is -2.26. The minimum absolute atomic E-state index is 0.0568. The van der Waals surface area contributed by atoms with E-state index in [0.717, 1.165) is 12.8 Å². The van der Waals surface area contributed by atoms with E-state index < -0.39 is 0 Å². The summed E-state index contributed by atoms with van der Waals surface area (Å²) in [4.78, 5) is 0. The second-order valence-corrected chi connectivity index (χ2v) is 3.18. The molecule has 1 nitrogen and oxygen atoms in total. The first-order chi connectivity index (χ1) is 5.18. The van der Waals surface area contributed by atoms with Gasteiger partial charge < -0.3 is 4.74 Å². The first-order valence-electron chi connectivity index (χ1n) is 4.35. The van der Waals surface area contributed by atoms with Gasteiger partial charge in [0.25, 0.3) is 0 Å². The van der Waals surface area contributed by atoms with Crippen LogP contribution >= 0.6 is 0 Å². The summed E-state index contributed by atoms with van der Waals surface area (Å²) >= 11 is 0. The van der Waals surface area contributed by atoms with Crippen molar-refractivity contribution in [2.24, 2.45) is 0 Å². The first-order valence-corrected chi connectivity index (χ1v) is 4.35. The Morgan fingerprint density at radius 1 is 1.45 bits per heavy atom. The van der Waals surface area contributed by atoms with Gasteiger partial charge in [-0.05, 0) is 26.7 Å². The number of hydrogen-bond acceptors (Lipinski definition) is 1. The zero-order chi connectivity index (χ0) is 8.74. The molecule has 0 rings (SSSR count). The molecular formula is C10H20O. The zero-order valence-corrected chi connectivity index (χ0v) is 8.18. The molecule has 1 atom stereocenters. The molecule has 66 valence electrons. The zero-order valence-electron chi connectivity index (χ0n) is 8.18. The van der Waals surface area contributed by atoms with E-state index in [9.17, 15) is 0 Å². The van der Waals surface area contributed by atoms with Crippen molar-refractivity contribution in [2.75, 3.05) is 7.11 Å². The smallest absolute Gasteiger partial charge is 0.0684 e. The van der Waals surface area contributed by atoms with E-state index in [4.69, 9.17) is 4.74 Å². The van der Waals surface area contributed by atoms with Gasteiger partial charge >= 0.3 is 0 Å². The van der Waals surface area contributed by atoms with Crippen molar-refractivity contribution in [3.63, 3.8) is 0 Å². The van der Waals surface area contributed by atoms with Gasteiger partial charge in [-0.25, -0.2) is 0 Å². The molecule has 0 aliphatic carbocycles. The molecule has 11 heavy (non-hydrogen) atoms. The summed E-state index contributed by atoms with van der Waals surface area (Å²) in [6.45, 7) is 6.39. The van der Waals surface area contributed by atoms with E-state index in [2.05, 4.69) is 26.0 Å². The normalized spacial score (nSPS) is 17.1. The Bertz CT molecular complexity index is 118. The highest BCUT2D eigenvalue weighted by molar-refractivity contribution is 4.87. The fraction of sp³-hybridized carbons (Fsp3) is 0.800. The average Bonchev–Trinajstić information content (AvgIpc) is 2.02. The Balaban J connectivity index is 3.87. The SMILES string of the molecule is CC=CCC(C)(CCC)OC. The molecule has 0 fully saturated rings. The summed E-state index contributed by atoms with van der Waals surface area (Å²) < 4.78 is 5.43. The van der Waals surface area contributed by atoms with Crippen molar-refractivity contribution < 1.29 is 4.74 Å². The van der Waals surface area contributed by atoms with Crippen LogP contribution in [0.1, 0.15) is 40.0 Å². The molecule has 0 aliphatic rings. The van der Waals surface area contributed by atoms with Gasteiger partial charge in [0, 0.05) is 7.11 Å². The fourth-order valence-corrected chi connectivity index (χ4v) is 1.18. The molecule has 0 heterocycles. The van der Waals surface area contributed by atoms with Gasteiger partial charge in [-0.15, -0.1) is 0 Å². The van der Waals surface area contributed by atoms with Crippen LogP contribution in [-0.2, 0) is 4.74 Å². The minimum atomic E-state index is 0.0568. The molecule has 1 heteroatoms. The largest absolute Gasteiger partial charge is 0.378 e. The summed E-state index contributed by atoms with van der Waals surface area (Å²) in [6.07, 6.45) is 7.58. The summed E-state index contributed by atoms with van der Waals surface area (Å²) in [5, 5.41) is 0. The maximum Gasteiger partial charge on any atom is 0.0684 e. The Hall–Kier alpha value is -0.300. The van der Waals surface area contributed by atoms with Gasteiger partial charge in [-0.2, -0.15) is 0 Å². The summed E-state index contributed by atoms with van der Waals surface area (Å²) in [6, 6.07) is 0. The number of hydrogen-bond donors (Lipinski definition) is 0. The van der Waals surface area contributed by atoms with E-state index in [0.29, 0.717) is 0 Å². The Morgan fingerprint density at radius 2 is 2.09 bits per heavy atom. The summed E-state index contributed by atoms with van der Waals surface area (Å²) in [7, 11) is 1.79. The number of ether oxygens (including phenoxy) is 1. The van der Waals surface area contributed by atoms with E-state index >= 15 is 0 Å². The summed E-state index contributed by atoms with van der Waals surface area (Å²) in [5.74, 6) is 0. The van der Waals surface area contributed by atoms with E-state index in [1.807, 2.05) is 6.92 Å². The van der Waals surface area contributed by atoms with Crippen LogP contribution in [0.2, 0.25) is 0 Å². The average molecular weight is 156 g/mol. The fourth-order valence-electron chi connectivity index (χ4n) is 1.18. The molecule has 0 saturated carbocycles. The standard InChI is InChI=1S/C10H20O/c1-5-7-9-10(3,11-4)8-6-2/h5,7H,6,8-9H2,1-4H3. The third-order valence-corrected chi connectivity index (χ3v) is 2.06. The van der Waals surface area contributed by atoms with Crippen LogP contribution in [0.4, 0.5) is 0 Å². The van der Waals surface area contributed by atoms with Crippen molar-refractivity contribution in [1.82, 2.24) is 0 Å². The van der Waals surface area contributed by atoms with Gasteiger partial charge in [-0.1, -0.05) is 25.5 Å². The highest BCUT2D eigenvalue weighted by Crippen LogP contribution is 2.21. The number of rotatable bonds is 5.